The van der Waals surface area contributed by atoms with E-state index in [9.17, 15) is 13.2 Å². The second-order valence-corrected chi connectivity index (χ2v) is 11.5. The van der Waals surface area contributed by atoms with Gasteiger partial charge < -0.3 is 4.90 Å². The lowest BCUT2D eigenvalue weighted by molar-refractivity contribution is 0.0985. The van der Waals surface area contributed by atoms with E-state index in [4.69, 9.17) is 11.6 Å². The maximum atomic E-state index is 13.4. The summed E-state index contributed by atoms with van der Waals surface area (Å²) >= 11 is 7.69. The summed E-state index contributed by atoms with van der Waals surface area (Å²) in [6.45, 7) is 3.55. The van der Waals surface area contributed by atoms with Gasteiger partial charge in [-0.25, -0.2) is 17.7 Å². The Balaban J connectivity index is 1.90. The molecule has 0 aliphatic heterocycles. The summed E-state index contributed by atoms with van der Waals surface area (Å²) in [7, 11) is 1.86. The van der Waals surface area contributed by atoms with Crippen LogP contribution in [0, 0.1) is 0 Å². The standard InChI is InChI=1S/C23H29ClN4O3S2/c1-5-6-14-27(4)33(30,31)18-12-10-17(11-13-18)22(29)28(16-15-26(2)3)23-25-21-19(24)8-7-9-20(21)32-23/h7-13H,5-6,14-16H2,1-4H3. The number of carbonyl (C=O) groups excluding carboxylic acids is 1. The monoisotopic (exact) mass is 508 g/mol. The maximum Gasteiger partial charge on any atom is 0.260 e. The fourth-order valence-corrected chi connectivity index (χ4v) is 5.71. The number of hydrogen-bond acceptors (Lipinski definition) is 6. The highest BCUT2D eigenvalue weighted by Crippen LogP contribution is 2.33. The first-order valence-electron chi connectivity index (χ1n) is 10.7. The van der Waals surface area contributed by atoms with Crippen LogP contribution in [0.5, 0.6) is 0 Å². The number of aromatic nitrogens is 1. The molecule has 0 aliphatic rings. The average molecular weight is 509 g/mol. The van der Waals surface area contributed by atoms with Crippen LogP contribution in [0.25, 0.3) is 10.2 Å². The van der Waals surface area contributed by atoms with Gasteiger partial charge >= 0.3 is 0 Å². The third kappa shape index (κ3) is 5.91. The van der Waals surface area contributed by atoms with Gasteiger partial charge in [-0.1, -0.05) is 42.3 Å². The maximum absolute atomic E-state index is 13.4. The zero-order valence-corrected chi connectivity index (χ0v) is 21.7. The van der Waals surface area contributed by atoms with Crippen LogP contribution in [0.15, 0.2) is 47.4 Å². The quantitative estimate of drug-likeness (QED) is 0.401. The number of benzene rings is 2. The number of nitrogens with zero attached hydrogens (tertiary/aromatic N) is 4. The Morgan fingerprint density at radius 3 is 2.33 bits per heavy atom. The van der Waals surface area contributed by atoms with Crippen LogP contribution in [-0.4, -0.2) is 69.3 Å². The molecule has 0 N–H and O–H groups in total. The minimum Gasteiger partial charge on any atom is -0.308 e. The molecule has 0 spiro atoms. The van der Waals surface area contributed by atoms with Gasteiger partial charge in [-0.15, -0.1) is 0 Å². The number of likely N-dealkylation sites (N-methyl/N-ethyl adjacent to an activating group) is 1. The first kappa shape index (κ1) is 25.6. The summed E-state index contributed by atoms with van der Waals surface area (Å²) in [5.74, 6) is -0.240. The van der Waals surface area contributed by atoms with E-state index in [-0.39, 0.29) is 10.8 Å². The van der Waals surface area contributed by atoms with Crippen LogP contribution in [0.1, 0.15) is 30.1 Å². The largest absolute Gasteiger partial charge is 0.308 e. The topological polar surface area (TPSA) is 73.8 Å². The molecular weight excluding hydrogens is 480 g/mol. The molecule has 0 aliphatic carbocycles. The average Bonchev–Trinajstić information content (AvgIpc) is 3.22. The lowest BCUT2D eigenvalue weighted by atomic mass is 10.2. The van der Waals surface area contributed by atoms with Gasteiger partial charge in [0.05, 0.1) is 14.6 Å². The molecule has 0 fully saturated rings. The van der Waals surface area contributed by atoms with E-state index in [0.717, 1.165) is 17.5 Å². The first-order chi connectivity index (χ1) is 15.6. The zero-order valence-electron chi connectivity index (χ0n) is 19.3. The predicted molar refractivity (Wildman–Crippen MR) is 136 cm³/mol. The Morgan fingerprint density at radius 1 is 1.03 bits per heavy atom. The van der Waals surface area contributed by atoms with Gasteiger partial charge in [0, 0.05) is 32.2 Å². The van der Waals surface area contributed by atoms with Gasteiger partial charge in [0.15, 0.2) is 5.13 Å². The highest BCUT2D eigenvalue weighted by atomic mass is 35.5. The van der Waals surface area contributed by atoms with Crippen molar-refractivity contribution in [2.24, 2.45) is 0 Å². The van der Waals surface area contributed by atoms with Crippen molar-refractivity contribution < 1.29 is 13.2 Å². The number of unbranched alkanes of at least 4 members (excludes halogenated alkanes) is 1. The Hall–Kier alpha value is -2.04. The molecule has 10 heteroatoms. The van der Waals surface area contributed by atoms with Gasteiger partial charge in [0.1, 0.15) is 5.52 Å². The van der Waals surface area contributed by atoms with E-state index in [0.29, 0.717) is 40.9 Å². The smallest absolute Gasteiger partial charge is 0.260 e. The summed E-state index contributed by atoms with van der Waals surface area (Å²) in [5.41, 5.74) is 1.06. The SMILES string of the molecule is CCCCN(C)S(=O)(=O)c1ccc(C(=O)N(CCN(C)C)c2nc3c(Cl)cccc3s2)cc1. The van der Waals surface area contributed by atoms with Crippen LogP contribution in [0.4, 0.5) is 5.13 Å². The summed E-state index contributed by atoms with van der Waals surface area (Å²) < 4.78 is 27.8. The summed E-state index contributed by atoms with van der Waals surface area (Å²) in [4.78, 5) is 21.8. The molecule has 3 rings (SSSR count). The number of hydrogen-bond donors (Lipinski definition) is 0. The molecular formula is C23H29ClN4O3S2. The fraction of sp³-hybridized carbons (Fsp3) is 0.391. The Morgan fingerprint density at radius 2 is 1.73 bits per heavy atom. The number of sulfonamides is 1. The lowest BCUT2D eigenvalue weighted by Gasteiger charge is -2.22. The van der Waals surface area contributed by atoms with E-state index in [1.807, 2.05) is 38.1 Å². The molecule has 0 saturated carbocycles. The van der Waals surface area contributed by atoms with E-state index in [1.54, 1.807) is 30.1 Å². The molecule has 1 amide bonds. The molecule has 0 bridgehead atoms. The second kappa shape index (κ2) is 10.9. The normalized spacial score (nSPS) is 12.1. The Kier molecular flexibility index (Phi) is 8.47. The van der Waals surface area contributed by atoms with E-state index >= 15 is 0 Å². The number of para-hydroxylation sites is 1. The summed E-state index contributed by atoms with van der Waals surface area (Å²) in [6, 6.07) is 11.7. The predicted octanol–water partition coefficient (Wildman–Crippen LogP) is 4.58. The molecule has 0 saturated heterocycles. The van der Waals surface area contributed by atoms with E-state index < -0.39 is 10.0 Å². The van der Waals surface area contributed by atoms with Crippen LogP contribution >= 0.6 is 22.9 Å². The minimum absolute atomic E-state index is 0.171. The van der Waals surface area contributed by atoms with Gasteiger partial charge in [-0.2, -0.15) is 0 Å². The second-order valence-electron chi connectivity index (χ2n) is 8.05. The van der Waals surface area contributed by atoms with Crippen molar-refractivity contribution in [3.8, 4) is 0 Å². The number of carbonyl (C=O) groups is 1. The zero-order chi connectivity index (χ0) is 24.2. The molecule has 33 heavy (non-hydrogen) atoms. The third-order valence-electron chi connectivity index (χ3n) is 5.24. The van der Waals surface area contributed by atoms with Crippen molar-refractivity contribution in [1.29, 1.82) is 0 Å². The van der Waals surface area contributed by atoms with Crippen molar-refractivity contribution >= 4 is 54.2 Å². The van der Waals surface area contributed by atoms with Gasteiger partial charge in [0.25, 0.3) is 5.91 Å². The number of anilines is 1. The summed E-state index contributed by atoms with van der Waals surface area (Å²) in [5, 5.41) is 1.10. The van der Waals surface area contributed by atoms with Crippen molar-refractivity contribution in [3.05, 3.63) is 53.1 Å². The van der Waals surface area contributed by atoms with Crippen molar-refractivity contribution in [2.45, 2.75) is 24.7 Å². The molecule has 3 aromatic rings. The molecule has 2 aromatic carbocycles. The molecule has 0 atom stereocenters. The third-order valence-corrected chi connectivity index (χ3v) is 8.46. The first-order valence-corrected chi connectivity index (χ1v) is 13.4. The van der Waals surface area contributed by atoms with E-state index in [1.165, 1.54) is 27.8 Å². The van der Waals surface area contributed by atoms with E-state index in [2.05, 4.69) is 4.98 Å². The molecule has 1 heterocycles. The molecule has 0 radical (unpaired) electrons. The highest BCUT2D eigenvalue weighted by molar-refractivity contribution is 7.89. The minimum atomic E-state index is -3.59. The fourth-order valence-electron chi connectivity index (χ4n) is 3.21. The summed E-state index contributed by atoms with van der Waals surface area (Å²) in [6.07, 6.45) is 1.70. The number of halogens is 1. The lowest BCUT2D eigenvalue weighted by Crippen LogP contribution is -2.36. The molecule has 1 aromatic heterocycles. The van der Waals surface area contributed by atoms with Crippen LogP contribution in [0.2, 0.25) is 5.02 Å². The Bertz CT molecular complexity index is 1210. The van der Waals surface area contributed by atoms with Crippen molar-refractivity contribution in [2.75, 3.05) is 45.7 Å². The van der Waals surface area contributed by atoms with Gasteiger partial charge in [0.2, 0.25) is 10.0 Å². The van der Waals surface area contributed by atoms with Crippen LogP contribution < -0.4 is 4.90 Å². The molecule has 178 valence electrons. The Labute approximate surface area is 204 Å². The van der Waals surface area contributed by atoms with Crippen molar-refractivity contribution in [3.63, 3.8) is 0 Å². The highest BCUT2D eigenvalue weighted by Gasteiger charge is 2.24. The van der Waals surface area contributed by atoms with Crippen LogP contribution in [-0.2, 0) is 10.0 Å². The molecule has 0 unspecified atom stereocenters. The number of fused-ring (bicyclic) bond motifs is 1. The number of rotatable bonds is 10. The van der Waals surface area contributed by atoms with Gasteiger partial charge in [-0.05, 0) is 56.9 Å². The van der Waals surface area contributed by atoms with Crippen LogP contribution in [0.3, 0.4) is 0 Å². The van der Waals surface area contributed by atoms with Crippen molar-refractivity contribution in [1.82, 2.24) is 14.2 Å². The molecule has 7 nitrogen and oxygen atoms in total. The number of amides is 1. The van der Waals surface area contributed by atoms with Gasteiger partial charge in [-0.3, -0.25) is 9.69 Å². The number of thiazole rings is 1.